The molecule has 0 saturated heterocycles. The first-order valence-corrected chi connectivity index (χ1v) is 10.8. The number of imidazole rings is 1. The summed E-state index contributed by atoms with van der Waals surface area (Å²) in [5.41, 5.74) is 3.01. The molecule has 1 amide bonds. The van der Waals surface area contributed by atoms with Crippen LogP contribution in [0.2, 0.25) is 0 Å². The summed E-state index contributed by atoms with van der Waals surface area (Å²) in [6.07, 6.45) is 5.17. The van der Waals surface area contributed by atoms with Gasteiger partial charge in [-0.1, -0.05) is 36.4 Å². The van der Waals surface area contributed by atoms with Crippen LogP contribution in [0.4, 0.5) is 10.1 Å². The molecule has 6 nitrogen and oxygen atoms in total. The highest BCUT2D eigenvalue weighted by Crippen LogP contribution is 2.30. The topological polar surface area (TPSA) is 73.0 Å². The summed E-state index contributed by atoms with van der Waals surface area (Å²) in [7, 11) is 0. The number of aromatic nitrogens is 3. The minimum atomic E-state index is -0.400. The number of nitrogens with zero attached hydrogens (tertiary/aromatic N) is 3. The van der Waals surface area contributed by atoms with Crippen molar-refractivity contribution in [2.24, 2.45) is 0 Å². The third kappa shape index (κ3) is 4.36. The van der Waals surface area contributed by atoms with Gasteiger partial charge >= 0.3 is 0 Å². The highest BCUT2D eigenvalue weighted by molar-refractivity contribution is 6.08. The van der Waals surface area contributed by atoms with Crippen LogP contribution in [-0.2, 0) is 6.54 Å². The van der Waals surface area contributed by atoms with Crippen molar-refractivity contribution in [1.29, 1.82) is 0 Å². The largest absolute Gasteiger partial charge is 0.436 e. The maximum atomic E-state index is 14.1. The smallest absolute Gasteiger partial charge is 0.256 e. The second-order valence-electron chi connectivity index (χ2n) is 7.81. The van der Waals surface area contributed by atoms with Crippen molar-refractivity contribution in [2.45, 2.75) is 13.5 Å². The van der Waals surface area contributed by atoms with Crippen LogP contribution in [0.1, 0.15) is 21.7 Å². The van der Waals surface area contributed by atoms with Crippen LogP contribution in [0.15, 0.2) is 95.8 Å². The van der Waals surface area contributed by atoms with Gasteiger partial charge in [0.05, 0.1) is 17.3 Å². The van der Waals surface area contributed by atoms with E-state index in [0.717, 1.165) is 11.4 Å². The van der Waals surface area contributed by atoms with E-state index in [2.05, 4.69) is 19.9 Å². The molecule has 1 N–H and O–H groups in total. The lowest BCUT2D eigenvalue weighted by Crippen LogP contribution is -2.13. The highest BCUT2D eigenvalue weighted by atomic mass is 19.1. The summed E-state index contributed by atoms with van der Waals surface area (Å²) in [6.45, 7) is 2.66. The molecule has 0 bridgehead atoms. The van der Waals surface area contributed by atoms with E-state index in [1.54, 1.807) is 48.7 Å². The maximum absolute atomic E-state index is 14.1. The Balaban J connectivity index is 1.35. The Morgan fingerprint density at radius 3 is 2.44 bits per heavy atom. The number of carbonyl (C=O) groups excluding carboxylic acids is 1. The van der Waals surface area contributed by atoms with E-state index in [-0.39, 0.29) is 11.8 Å². The Bertz CT molecular complexity index is 1450. The van der Waals surface area contributed by atoms with Crippen LogP contribution in [0, 0.1) is 12.7 Å². The summed E-state index contributed by atoms with van der Waals surface area (Å²) in [6, 6.07) is 21.0. The zero-order valence-corrected chi connectivity index (χ0v) is 18.4. The molecule has 168 valence electrons. The van der Waals surface area contributed by atoms with Crippen LogP contribution in [0.25, 0.3) is 22.8 Å². The van der Waals surface area contributed by atoms with Gasteiger partial charge in [-0.3, -0.25) is 4.79 Å². The molecular weight excluding hydrogens is 431 g/mol. The zero-order chi connectivity index (χ0) is 23.5. The van der Waals surface area contributed by atoms with Gasteiger partial charge in [0.2, 0.25) is 5.89 Å². The van der Waals surface area contributed by atoms with Gasteiger partial charge in [0.25, 0.3) is 5.91 Å². The summed E-state index contributed by atoms with van der Waals surface area (Å²) in [4.78, 5) is 21.6. The number of aryl methyl sites for hydroxylation is 1. The van der Waals surface area contributed by atoms with Crippen molar-refractivity contribution < 1.29 is 13.6 Å². The Kier molecular flexibility index (Phi) is 5.74. The van der Waals surface area contributed by atoms with Crippen LogP contribution >= 0.6 is 0 Å². The second-order valence-corrected chi connectivity index (χ2v) is 7.81. The molecule has 0 spiro atoms. The fourth-order valence-corrected chi connectivity index (χ4v) is 3.71. The van der Waals surface area contributed by atoms with Gasteiger partial charge < -0.3 is 14.3 Å². The van der Waals surface area contributed by atoms with E-state index >= 15 is 0 Å². The molecule has 5 rings (SSSR count). The Labute approximate surface area is 195 Å². The molecule has 34 heavy (non-hydrogen) atoms. The van der Waals surface area contributed by atoms with Gasteiger partial charge in [-0.05, 0) is 48.9 Å². The number of nitrogens with one attached hydrogen (secondary N) is 1. The average Bonchev–Trinajstić information content (AvgIpc) is 3.50. The first-order valence-electron chi connectivity index (χ1n) is 10.8. The summed E-state index contributed by atoms with van der Waals surface area (Å²) in [5, 5.41) is 2.93. The molecule has 0 aliphatic rings. The predicted molar refractivity (Wildman–Crippen MR) is 128 cm³/mol. The van der Waals surface area contributed by atoms with Gasteiger partial charge in [-0.25, -0.2) is 14.4 Å². The molecule has 2 heterocycles. The molecule has 0 atom stereocenters. The molecule has 7 heteroatoms. The third-order valence-corrected chi connectivity index (χ3v) is 5.54. The summed E-state index contributed by atoms with van der Waals surface area (Å²) < 4.78 is 22.0. The van der Waals surface area contributed by atoms with Crippen LogP contribution in [0.5, 0.6) is 0 Å². The van der Waals surface area contributed by atoms with Gasteiger partial charge in [-0.15, -0.1) is 0 Å². The fourth-order valence-electron chi connectivity index (χ4n) is 3.71. The Hall–Kier alpha value is -4.52. The fraction of sp³-hybridized carbons (Fsp3) is 0.0741. The third-order valence-electron chi connectivity index (χ3n) is 5.54. The lowest BCUT2D eigenvalue weighted by molar-refractivity contribution is 0.102. The van der Waals surface area contributed by atoms with E-state index in [1.807, 2.05) is 37.4 Å². The lowest BCUT2D eigenvalue weighted by atomic mass is 10.1. The number of halogens is 1. The van der Waals surface area contributed by atoms with Crippen molar-refractivity contribution in [1.82, 2.24) is 14.5 Å². The van der Waals surface area contributed by atoms with E-state index < -0.39 is 5.82 Å². The van der Waals surface area contributed by atoms with Crippen LogP contribution in [-0.4, -0.2) is 20.4 Å². The number of hydrogen-bond donors (Lipinski definition) is 1. The summed E-state index contributed by atoms with van der Waals surface area (Å²) >= 11 is 0. The van der Waals surface area contributed by atoms with Gasteiger partial charge in [0.15, 0.2) is 5.76 Å². The van der Waals surface area contributed by atoms with Gasteiger partial charge in [0, 0.05) is 30.2 Å². The Morgan fingerprint density at radius 1 is 0.971 bits per heavy atom. The van der Waals surface area contributed by atoms with Crippen molar-refractivity contribution in [2.75, 3.05) is 5.32 Å². The molecular formula is C27H21FN4O2. The second kappa shape index (κ2) is 9.15. The molecule has 0 unspecified atom stereocenters. The average molecular weight is 452 g/mol. The molecule has 0 saturated carbocycles. The molecule has 2 aromatic heterocycles. The molecule has 3 aromatic carbocycles. The predicted octanol–water partition coefficient (Wildman–Crippen LogP) is 5.95. The molecule has 5 aromatic rings. The molecule has 0 fully saturated rings. The SMILES string of the molecule is Cc1nccn1Cc1ccc(NC(=O)c2ccccc2-c2ncc(-c3ccccc3F)o2)cc1. The number of benzene rings is 3. The van der Waals surface area contributed by atoms with Gasteiger partial charge in [0.1, 0.15) is 11.6 Å². The number of oxazole rings is 1. The Morgan fingerprint density at radius 2 is 1.71 bits per heavy atom. The highest BCUT2D eigenvalue weighted by Gasteiger charge is 2.18. The van der Waals surface area contributed by atoms with E-state index in [0.29, 0.717) is 34.7 Å². The first-order chi connectivity index (χ1) is 16.6. The standard InChI is InChI=1S/C27H21FN4O2/c1-18-29-14-15-32(18)17-19-10-12-20(13-11-19)31-26(33)21-6-2-3-7-22(21)27-30-16-25(34-27)23-8-4-5-9-24(23)28/h2-16H,17H2,1H3,(H,31,33). The van der Waals surface area contributed by atoms with Crippen molar-refractivity contribution in [3.8, 4) is 22.8 Å². The quantitative estimate of drug-likeness (QED) is 0.345. The zero-order valence-electron chi connectivity index (χ0n) is 18.4. The first kappa shape index (κ1) is 21.3. The number of hydrogen-bond acceptors (Lipinski definition) is 4. The van der Waals surface area contributed by atoms with Crippen molar-refractivity contribution >= 4 is 11.6 Å². The monoisotopic (exact) mass is 452 g/mol. The molecule has 0 aliphatic heterocycles. The van der Waals surface area contributed by atoms with E-state index in [9.17, 15) is 9.18 Å². The molecule has 0 radical (unpaired) electrons. The number of amides is 1. The lowest BCUT2D eigenvalue weighted by Gasteiger charge is -2.10. The minimum Gasteiger partial charge on any atom is -0.436 e. The van der Waals surface area contributed by atoms with E-state index in [1.165, 1.54) is 12.3 Å². The minimum absolute atomic E-state index is 0.245. The van der Waals surface area contributed by atoms with Gasteiger partial charge in [-0.2, -0.15) is 0 Å². The molecule has 0 aliphatic carbocycles. The van der Waals surface area contributed by atoms with Crippen molar-refractivity contribution in [3.05, 3.63) is 114 Å². The van der Waals surface area contributed by atoms with Crippen molar-refractivity contribution in [3.63, 3.8) is 0 Å². The normalized spacial score (nSPS) is 10.9. The summed E-state index contributed by atoms with van der Waals surface area (Å²) in [5.74, 6) is 0.795. The number of anilines is 1. The van der Waals surface area contributed by atoms with Crippen LogP contribution < -0.4 is 5.32 Å². The maximum Gasteiger partial charge on any atom is 0.256 e. The number of carbonyl (C=O) groups is 1. The van der Waals surface area contributed by atoms with Crippen LogP contribution in [0.3, 0.4) is 0 Å². The van der Waals surface area contributed by atoms with E-state index in [4.69, 9.17) is 4.42 Å². The number of rotatable bonds is 6.